The summed E-state index contributed by atoms with van der Waals surface area (Å²) in [4.78, 5) is 0. The van der Waals surface area contributed by atoms with Gasteiger partial charge < -0.3 is 8.23 Å². The van der Waals surface area contributed by atoms with Gasteiger partial charge in [0.15, 0.2) is 8.32 Å². The van der Waals surface area contributed by atoms with Crippen molar-refractivity contribution >= 4 is 51.1 Å². The van der Waals surface area contributed by atoms with Crippen LogP contribution in [0.25, 0.3) is 0 Å². The average Bonchev–Trinajstić information content (AvgIpc) is 2.97. The van der Waals surface area contributed by atoms with Crippen LogP contribution in [0.3, 0.4) is 0 Å². The normalized spacial score (nSPS) is 12.3. The quantitative estimate of drug-likeness (QED) is 0.196. The summed E-state index contributed by atoms with van der Waals surface area (Å²) < 4.78 is 15.4. The van der Waals surface area contributed by atoms with Gasteiger partial charge in [-0.05, 0) is 45.6 Å². The number of hydrogen-bond donors (Lipinski definition) is 0. The van der Waals surface area contributed by atoms with Crippen LogP contribution in [0.1, 0.15) is 0 Å². The third-order valence-electron chi connectivity index (χ3n) is 6.60. The Morgan fingerprint density at radius 2 is 0.605 bits per heavy atom. The summed E-state index contributed by atoms with van der Waals surface area (Å²) in [5.41, 5.74) is 0. The smallest absolute Gasteiger partial charge is 0.387 e. The minimum atomic E-state index is -3.24. The molecule has 5 aromatic rings. The lowest BCUT2D eigenvalue weighted by atomic mass is 10.3. The molecule has 0 saturated heterocycles. The lowest BCUT2D eigenvalue weighted by molar-refractivity contribution is 0.421. The molecule has 0 atom stereocenters. The fraction of sp³-hybridized carbons (Fsp3) is 0.0909. The lowest BCUT2D eigenvalue weighted by Gasteiger charge is -2.45. The Kier molecular flexibility index (Phi) is 7.74. The molecule has 0 unspecified atom stereocenters. The largest absolute Gasteiger partial charge is 0.430 e. The van der Waals surface area contributed by atoms with Crippen LogP contribution >= 0.6 is 0 Å². The summed E-state index contributed by atoms with van der Waals surface area (Å²) in [5.74, 6) is 0. The standard InChI is InChI=1S/C33H34O2Si3/c1-36(2,3)34-38(32-25-15-7-16-26-32,33-27-17-8-18-28-33)35-37(29-19-9-4-10-20-29,30-21-11-5-12-22-30)31-23-13-6-14-24-31/h4-28H,1-3H3. The molecular weight excluding hydrogens is 513 g/mol. The number of rotatable bonds is 9. The molecule has 0 radical (unpaired) electrons. The van der Waals surface area contributed by atoms with Gasteiger partial charge in [-0.15, -0.1) is 0 Å². The second-order valence-corrected chi connectivity index (χ2v) is 21.8. The van der Waals surface area contributed by atoms with E-state index in [1.807, 2.05) is 0 Å². The molecule has 0 aromatic heterocycles. The van der Waals surface area contributed by atoms with Crippen molar-refractivity contribution in [2.24, 2.45) is 0 Å². The molecule has 38 heavy (non-hydrogen) atoms. The van der Waals surface area contributed by atoms with Gasteiger partial charge in [-0.3, -0.25) is 0 Å². The van der Waals surface area contributed by atoms with Crippen molar-refractivity contribution in [2.75, 3.05) is 0 Å². The Morgan fingerprint density at radius 1 is 0.342 bits per heavy atom. The monoisotopic (exact) mass is 546 g/mol. The van der Waals surface area contributed by atoms with E-state index < -0.39 is 25.2 Å². The van der Waals surface area contributed by atoms with Crippen LogP contribution in [0.5, 0.6) is 0 Å². The van der Waals surface area contributed by atoms with Crippen LogP contribution in [-0.4, -0.2) is 25.2 Å². The SMILES string of the molecule is C[Si](C)(C)O[Si](O[Si](c1ccccc1)(c1ccccc1)c1ccccc1)(c1ccccc1)c1ccccc1. The van der Waals surface area contributed by atoms with Crippen LogP contribution in [0, 0.1) is 0 Å². The molecule has 0 bridgehead atoms. The van der Waals surface area contributed by atoms with Crippen LogP contribution in [0.4, 0.5) is 0 Å². The molecular formula is C33H34O2Si3. The Bertz CT molecular complexity index is 1290. The first-order valence-corrected chi connectivity index (χ1v) is 20.3. The molecule has 0 N–H and O–H groups in total. The van der Waals surface area contributed by atoms with Gasteiger partial charge in [-0.2, -0.15) is 0 Å². The molecule has 5 rings (SSSR count). The number of benzene rings is 5. The second kappa shape index (κ2) is 11.2. The molecule has 0 aliphatic carbocycles. The molecule has 0 heterocycles. The van der Waals surface area contributed by atoms with Crippen molar-refractivity contribution in [1.82, 2.24) is 0 Å². The minimum absolute atomic E-state index is 1.13. The highest BCUT2D eigenvalue weighted by Crippen LogP contribution is 2.23. The minimum Gasteiger partial charge on any atom is -0.430 e. The maximum Gasteiger partial charge on any atom is 0.387 e. The lowest BCUT2D eigenvalue weighted by Crippen LogP contribution is -2.79. The van der Waals surface area contributed by atoms with E-state index in [1.165, 1.54) is 15.6 Å². The van der Waals surface area contributed by atoms with Crippen molar-refractivity contribution in [2.45, 2.75) is 19.6 Å². The molecule has 0 aliphatic rings. The van der Waals surface area contributed by atoms with Crippen LogP contribution in [0.15, 0.2) is 152 Å². The first-order valence-electron chi connectivity index (χ1n) is 13.1. The molecule has 5 aromatic carbocycles. The molecule has 190 valence electrons. The Hall–Kier alpha value is -3.33. The van der Waals surface area contributed by atoms with Crippen molar-refractivity contribution < 1.29 is 8.23 Å². The maximum absolute atomic E-state index is 8.02. The summed E-state index contributed by atoms with van der Waals surface area (Å²) >= 11 is 0. The highest BCUT2D eigenvalue weighted by molar-refractivity contribution is 7.14. The third-order valence-corrected chi connectivity index (χ3v) is 18.2. The summed E-state index contributed by atoms with van der Waals surface area (Å²) in [7, 11) is -8.41. The van der Waals surface area contributed by atoms with Gasteiger partial charge >= 0.3 is 8.56 Å². The zero-order valence-electron chi connectivity index (χ0n) is 22.3. The first kappa shape index (κ1) is 26.3. The van der Waals surface area contributed by atoms with Gasteiger partial charge in [0.05, 0.1) is 0 Å². The predicted octanol–water partition coefficient (Wildman–Crippen LogP) is 4.78. The highest BCUT2D eigenvalue weighted by Gasteiger charge is 2.54. The molecule has 2 nitrogen and oxygen atoms in total. The second-order valence-electron chi connectivity index (χ2n) is 10.4. The summed E-state index contributed by atoms with van der Waals surface area (Å²) in [6.07, 6.45) is 0. The van der Waals surface area contributed by atoms with Crippen molar-refractivity contribution in [3.8, 4) is 0 Å². The van der Waals surface area contributed by atoms with E-state index >= 15 is 0 Å². The Labute approximate surface area is 230 Å². The van der Waals surface area contributed by atoms with Crippen molar-refractivity contribution in [3.05, 3.63) is 152 Å². The van der Waals surface area contributed by atoms with Gasteiger partial charge in [-0.1, -0.05) is 152 Å². The summed E-state index contributed by atoms with van der Waals surface area (Å²) in [6, 6.07) is 53.7. The van der Waals surface area contributed by atoms with Crippen molar-refractivity contribution in [1.29, 1.82) is 0 Å². The summed E-state index contributed by atoms with van der Waals surface area (Å²) in [5, 5.41) is 5.89. The van der Waals surface area contributed by atoms with Gasteiger partial charge in [0, 0.05) is 0 Å². The first-order chi connectivity index (χ1) is 18.4. The van der Waals surface area contributed by atoms with Gasteiger partial charge in [-0.25, -0.2) is 0 Å². The fourth-order valence-corrected chi connectivity index (χ4v) is 18.7. The van der Waals surface area contributed by atoms with E-state index in [2.05, 4.69) is 171 Å². The Balaban J connectivity index is 1.90. The maximum atomic E-state index is 8.02. The van der Waals surface area contributed by atoms with Crippen molar-refractivity contribution in [3.63, 3.8) is 0 Å². The van der Waals surface area contributed by atoms with Gasteiger partial charge in [0.1, 0.15) is 0 Å². The average molecular weight is 547 g/mol. The van der Waals surface area contributed by atoms with E-state index in [0.29, 0.717) is 0 Å². The zero-order chi connectivity index (χ0) is 26.5. The zero-order valence-corrected chi connectivity index (χ0v) is 25.3. The van der Waals surface area contributed by atoms with E-state index in [9.17, 15) is 0 Å². The van der Waals surface area contributed by atoms with Gasteiger partial charge in [0.2, 0.25) is 0 Å². The predicted molar refractivity (Wildman–Crippen MR) is 167 cm³/mol. The van der Waals surface area contributed by atoms with E-state index in [4.69, 9.17) is 8.23 Å². The fourth-order valence-electron chi connectivity index (χ4n) is 5.08. The van der Waals surface area contributed by atoms with E-state index in [1.54, 1.807) is 0 Å². The van der Waals surface area contributed by atoms with Crippen LogP contribution < -0.4 is 25.9 Å². The van der Waals surface area contributed by atoms with Crippen LogP contribution in [0.2, 0.25) is 19.6 Å². The molecule has 0 saturated carbocycles. The molecule has 0 fully saturated rings. The molecule has 0 amide bonds. The van der Waals surface area contributed by atoms with Crippen LogP contribution in [-0.2, 0) is 8.23 Å². The van der Waals surface area contributed by atoms with E-state index in [0.717, 1.165) is 10.4 Å². The third kappa shape index (κ3) is 5.29. The Morgan fingerprint density at radius 3 is 0.868 bits per heavy atom. The van der Waals surface area contributed by atoms with Gasteiger partial charge in [0.25, 0.3) is 8.32 Å². The topological polar surface area (TPSA) is 18.5 Å². The molecule has 0 aliphatic heterocycles. The van der Waals surface area contributed by atoms with E-state index in [-0.39, 0.29) is 0 Å². The molecule has 5 heteroatoms. The number of hydrogen-bond acceptors (Lipinski definition) is 2. The molecule has 0 spiro atoms. The highest BCUT2D eigenvalue weighted by atomic mass is 28.5. The summed E-state index contributed by atoms with van der Waals surface area (Å²) in [6.45, 7) is 6.79.